The van der Waals surface area contributed by atoms with Gasteiger partial charge in [0.25, 0.3) is 5.91 Å². The van der Waals surface area contributed by atoms with Crippen LogP contribution in [0, 0.1) is 0 Å². The second kappa shape index (κ2) is 9.30. The quantitative estimate of drug-likeness (QED) is 0.315. The van der Waals surface area contributed by atoms with Gasteiger partial charge in [0.1, 0.15) is 27.5 Å². The minimum absolute atomic E-state index is 0.186. The maximum absolute atomic E-state index is 13.0. The van der Waals surface area contributed by atoms with E-state index in [4.69, 9.17) is 13.9 Å². The van der Waals surface area contributed by atoms with Crippen molar-refractivity contribution in [2.75, 3.05) is 19.5 Å². The summed E-state index contributed by atoms with van der Waals surface area (Å²) in [5.41, 5.74) is 2.22. The average molecular weight is 464 g/mol. The van der Waals surface area contributed by atoms with Crippen LogP contribution in [-0.4, -0.2) is 26.1 Å². The summed E-state index contributed by atoms with van der Waals surface area (Å²) in [6.45, 7) is 2.06. The molecule has 0 saturated heterocycles. The molecular weight excluding hydrogens is 442 g/mol. The number of carbonyl (C=O) groups is 2. The van der Waals surface area contributed by atoms with E-state index in [1.165, 1.54) is 37.2 Å². The zero-order valence-corrected chi connectivity index (χ0v) is 19.1. The Balaban J connectivity index is 1.72. The van der Waals surface area contributed by atoms with Gasteiger partial charge in [0.15, 0.2) is 0 Å². The summed E-state index contributed by atoms with van der Waals surface area (Å²) >= 11 is 1.18. The van der Waals surface area contributed by atoms with Crippen molar-refractivity contribution in [1.82, 2.24) is 0 Å². The predicted octanol–water partition coefficient (Wildman–Crippen LogP) is 5.13. The number of carbonyl (C=O) groups excluding carboxylic acids is 2. The number of nitrogens with one attached hydrogen (secondary N) is 1. The van der Waals surface area contributed by atoms with E-state index in [0.717, 1.165) is 12.0 Å². The first kappa shape index (κ1) is 22.3. The van der Waals surface area contributed by atoms with Crippen molar-refractivity contribution < 1.29 is 23.5 Å². The molecule has 0 atom stereocenters. The zero-order valence-electron chi connectivity index (χ0n) is 18.3. The molecular formula is C25H21NO6S. The first-order chi connectivity index (χ1) is 15.9. The van der Waals surface area contributed by atoms with E-state index in [2.05, 4.69) is 12.2 Å². The van der Waals surface area contributed by atoms with Crippen LogP contribution in [-0.2, 0) is 11.2 Å². The van der Waals surface area contributed by atoms with Crippen LogP contribution in [0.4, 0.5) is 5.00 Å². The molecule has 0 saturated carbocycles. The molecule has 0 aliphatic heterocycles. The van der Waals surface area contributed by atoms with Crippen LogP contribution >= 0.6 is 11.3 Å². The fraction of sp³-hybridized carbons (Fsp3) is 0.160. The molecule has 2 aromatic carbocycles. The molecule has 0 aliphatic carbocycles. The number of hydrogen-bond acceptors (Lipinski definition) is 7. The van der Waals surface area contributed by atoms with Crippen LogP contribution in [0.2, 0.25) is 0 Å². The molecule has 7 nitrogen and oxygen atoms in total. The first-order valence-electron chi connectivity index (χ1n) is 10.2. The summed E-state index contributed by atoms with van der Waals surface area (Å²) in [7, 11) is 2.80. The highest BCUT2D eigenvalue weighted by molar-refractivity contribution is 7.15. The average Bonchev–Trinajstić information content (AvgIpc) is 3.26. The summed E-state index contributed by atoms with van der Waals surface area (Å²) in [5, 5.41) is 5.27. The second-order valence-electron chi connectivity index (χ2n) is 7.20. The lowest BCUT2D eigenvalue weighted by Crippen LogP contribution is -2.21. The third-order valence-electron chi connectivity index (χ3n) is 5.26. The van der Waals surface area contributed by atoms with Gasteiger partial charge in [-0.3, -0.25) is 4.79 Å². The lowest BCUT2D eigenvalue weighted by atomic mass is 10.0. The third kappa shape index (κ3) is 4.38. The Morgan fingerprint density at radius 1 is 1.06 bits per heavy atom. The highest BCUT2D eigenvalue weighted by Gasteiger charge is 2.24. The van der Waals surface area contributed by atoms with Gasteiger partial charge in [-0.15, -0.1) is 11.3 Å². The van der Waals surface area contributed by atoms with Gasteiger partial charge in [-0.1, -0.05) is 31.2 Å². The maximum atomic E-state index is 13.0. The molecule has 0 radical (unpaired) electrons. The van der Waals surface area contributed by atoms with Crippen LogP contribution in [0.15, 0.2) is 63.1 Å². The van der Waals surface area contributed by atoms with E-state index in [1.54, 1.807) is 23.6 Å². The second-order valence-corrected chi connectivity index (χ2v) is 8.08. The standard InChI is InChI=1S/C25H21NO6S/c1-4-14-5-7-15(8-6-14)19-13-33-23(21(19)25(29)31-3)26-22(27)18-12-16-11-17(30-2)9-10-20(16)32-24(18)28/h5-13H,4H2,1-3H3,(H,26,27). The molecule has 8 heteroatoms. The minimum Gasteiger partial charge on any atom is -0.497 e. The van der Waals surface area contributed by atoms with Gasteiger partial charge < -0.3 is 19.2 Å². The van der Waals surface area contributed by atoms with Gasteiger partial charge >= 0.3 is 11.6 Å². The monoisotopic (exact) mass is 463 g/mol. The molecule has 2 heterocycles. The van der Waals surface area contributed by atoms with Crippen LogP contribution in [0.3, 0.4) is 0 Å². The highest BCUT2D eigenvalue weighted by atomic mass is 32.1. The molecule has 0 aliphatic rings. The number of anilines is 1. The number of methoxy groups -OCH3 is 2. The van der Waals surface area contributed by atoms with Gasteiger partial charge in [0.05, 0.1) is 14.2 Å². The van der Waals surface area contributed by atoms with Gasteiger partial charge in [0.2, 0.25) is 0 Å². The summed E-state index contributed by atoms with van der Waals surface area (Å²) in [4.78, 5) is 38.0. The predicted molar refractivity (Wildman–Crippen MR) is 127 cm³/mol. The Morgan fingerprint density at radius 2 is 1.82 bits per heavy atom. The Labute approximate surface area is 193 Å². The normalized spacial score (nSPS) is 10.8. The van der Waals surface area contributed by atoms with Crippen LogP contribution in [0.25, 0.3) is 22.1 Å². The SMILES string of the molecule is CCc1ccc(-c2csc(NC(=O)c3cc4cc(OC)ccc4oc3=O)c2C(=O)OC)cc1. The lowest BCUT2D eigenvalue weighted by molar-refractivity contribution is 0.0603. The van der Waals surface area contributed by atoms with Crippen molar-refractivity contribution in [3.05, 3.63) is 81.0 Å². The van der Waals surface area contributed by atoms with E-state index < -0.39 is 17.5 Å². The highest BCUT2D eigenvalue weighted by Crippen LogP contribution is 2.36. The van der Waals surface area contributed by atoms with Crippen LogP contribution in [0.1, 0.15) is 33.2 Å². The van der Waals surface area contributed by atoms with E-state index in [1.807, 2.05) is 24.3 Å². The third-order valence-corrected chi connectivity index (χ3v) is 6.16. The minimum atomic E-state index is -0.781. The molecule has 33 heavy (non-hydrogen) atoms. The Morgan fingerprint density at radius 3 is 2.48 bits per heavy atom. The zero-order chi connectivity index (χ0) is 23.5. The van der Waals surface area contributed by atoms with E-state index in [0.29, 0.717) is 22.3 Å². The smallest absolute Gasteiger partial charge is 0.349 e. The molecule has 168 valence electrons. The molecule has 0 fully saturated rings. The lowest BCUT2D eigenvalue weighted by Gasteiger charge is -2.08. The Kier molecular flexibility index (Phi) is 6.28. The Hall–Kier alpha value is -3.91. The van der Waals surface area contributed by atoms with E-state index >= 15 is 0 Å². The fourth-order valence-corrected chi connectivity index (χ4v) is 4.40. The Bertz CT molecular complexity index is 1400. The molecule has 1 amide bonds. The molecule has 1 N–H and O–H groups in total. The topological polar surface area (TPSA) is 94.8 Å². The van der Waals surface area contributed by atoms with E-state index in [9.17, 15) is 14.4 Å². The molecule has 0 spiro atoms. The number of esters is 1. The van der Waals surface area contributed by atoms with Crippen molar-refractivity contribution in [3.8, 4) is 16.9 Å². The first-order valence-corrected chi connectivity index (χ1v) is 11.1. The summed E-state index contributed by atoms with van der Waals surface area (Å²) in [6.07, 6.45) is 0.898. The van der Waals surface area contributed by atoms with Gasteiger partial charge in [-0.2, -0.15) is 0 Å². The molecule has 0 unspecified atom stereocenters. The van der Waals surface area contributed by atoms with Gasteiger partial charge in [-0.05, 0) is 41.8 Å². The van der Waals surface area contributed by atoms with Crippen molar-refractivity contribution in [2.45, 2.75) is 13.3 Å². The number of ether oxygens (including phenoxy) is 2. The number of amides is 1. The molecule has 2 aromatic heterocycles. The number of thiophene rings is 1. The number of benzene rings is 2. The van der Waals surface area contributed by atoms with E-state index in [-0.39, 0.29) is 16.1 Å². The molecule has 4 aromatic rings. The number of rotatable bonds is 6. The number of aryl methyl sites for hydroxylation is 1. The largest absolute Gasteiger partial charge is 0.497 e. The van der Waals surface area contributed by atoms with Crippen molar-refractivity contribution in [1.29, 1.82) is 0 Å². The summed E-state index contributed by atoms with van der Waals surface area (Å²) in [6, 6.07) is 14.2. The van der Waals surface area contributed by atoms with Gasteiger partial charge in [-0.25, -0.2) is 9.59 Å². The van der Waals surface area contributed by atoms with Gasteiger partial charge in [0, 0.05) is 16.3 Å². The number of hydrogen-bond donors (Lipinski definition) is 1. The summed E-state index contributed by atoms with van der Waals surface area (Å²) < 4.78 is 15.4. The fourth-order valence-electron chi connectivity index (χ4n) is 3.44. The molecule has 0 bridgehead atoms. The van der Waals surface area contributed by atoms with Crippen molar-refractivity contribution in [2.24, 2.45) is 0 Å². The number of fused-ring (bicyclic) bond motifs is 1. The summed E-state index contributed by atoms with van der Waals surface area (Å²) in [5.74, 6) is -0.711. The van der Waals surface area contributed by atoms with Crippen LogP contribution in [0.5, 0.6) is 5.75 Å². The van der Waals surface area contributed by atoms with Crippen LogP contribution < -0.4 is 15.7 Å². The van der Waals surface area contributed by atoms with Crippen molar-refractivity contribution >= 4 is 39.2 Å². The van der Waals surface area contributed by atoms with Crippen molar-refractivity contribution in [3.63, 3.8) is 0 Å². The molecule has 4 rings (SSSR count). The maximum Gasteiger partial charge on any atom is 0.349 e.